The number of ether oxygens (including phenoxy) is 1. The lowest BCUT2D eigenvalue weighted by Gasteiger charge is -2.27. The molecular formula is C19H22F3NO5S. The van der Waals surface area contributed by atoms with E-state index in [1.54, 1.807) is 32.9 Å². The molecule has 1 aliphatic carbocycles. The van der Waals surface area contributed by atoms with Crippen molar-refractivity contribution in [2.24, 2.45) is 0 Å². The van der Waals surface area contributed by atoms with Gasteiger partial charge in [0.05, 0.1) is 5.69 Å². The summed E-state index contributed by atoms with van der Waals surface area (Å²) in [5, 5.41) is 0. The number of fused-ring (bicyclic) bond motifs is 1. The van der Waals surface area contributed by atoms with Crippen molar-refractivity contribution in [1.82, 2.24) is 0 Å². The Morgan fingerprint density at radius 1 is 1.21 bits per heavy atom. The molecule has 6 nitrogen and oxygen atoms in total. The van der Waals surface area contributed by atoms with Crippen LogP contribution in [0.5, 0.6) is 0 Å². The Kier molecular flexibility index (Phi) is 5.35. The molecule has 1 atom stereocenters. The highest BCUT2D eigenvalue weighted by atomic mass is 32.2. The number of hydrogen-bond acceptors (Lipinski definition) is 5. The van der Waals surface area contributed by atoms with Crippen LogP contribution in [0.3, 0.4) is 0 Å². The van der Waals surface area contributed by atoms with Crippen LogP contribution < -0.4 is 4.90 Å². The summed E-state index contributed by atoms with van der Waals surface area (Å²) < 4.78 is 71.1. The molecule has 160 valence electrons. The van der Waals surface area contributed by atoms with Gasteiger partial charge < -0.3 is 8.92 Å². The second kappa shape index (κ2) is 7.23. The zero-order valence-electron chi connectivity index (χ0n) is 16.2. The van der Waals surface area contributed by atoms with E-state index in [2.05, 4.69) is 4.18 Å². The molecule has 1 aromatic carbocycles. The van der Waals surface area contributed by atoms with Gasteiger partial charge in [0.15, 0.2) is 0 Å². The van der Waals surface area contributed by atoms with Gasteiger partial charge in [-0.3, -0.25) is 4.90 Å². The fourth-order valence-corrected chi connectivity index (χ4v) is 4.05. The molecule has 2 aliphatic rings. The summed E-state index contributed by atoms with van der Waals surface area (Å²) >= 11 is 0. The molecule has 0 radical (unpaired) electrons. The molecule has 1 aromatic rings. The fraction of sp³-hybridized carbons (Fsp3) is 0.526. The third-order valence-corrected chi connectivity index (χ3v) is 5.63. The Hall–Kier alpha value is -2.23. The van der Waals surface area contributed by atoms with Crippen LogP contribution in [0.25, 0.3) is 0 Å². The molecule has 10 heteroatoms. The summed E-state index contributed by atoms with van der Waals surface area (Å²) in [4.78, 5) is 14.1. The Morgan fingerprint density at radius 2 is 1.90 bits per heavy atom. The highest BCUT2D eigenvalue weighted by molar-refractivity contribution is 7.87. The monoisotopic (exact) mass is 433 g/mol. The van der Waals surface area contributed by atoms with Crippen LogP contribution in [-0.2, 0) is 25.5 Å². The number of rotatable bonds is 3. The number of carbonyl (C=O) groups excluding carboxylic acids is 1. The van der Waals surface area contributed by atoms with E-state index in [0.717, 1.165) is 5.56 Å². The average molecular weight is 433 g/mol. The first-order valence-corrected chi connectivity index (χ1v) is 10.5. The Morgan fingerprint density at radius 3 is 2.52 bits per heavy atom. The van der Waals surface area contributed by atoms with Gasteiger partial charge in [-0.05, 0) is 57.2 Å². The summed E-state index contributed by atoms with van der Waals surface area (Å²) in [6, 6.07) is 5.24. The smallest absolute Gasteiger partial charge is 0.443 e. The predicted octanol–water partition coefficient (Wildman–Crippen LogP) is 4.61. The van der Waals surface area contributed by atoms with Crippen LogP contribution in [0.15, 0.2) is 30.0 Å². The number of anilines is 1. The van der Waals surface area contributed by atoms with E-state index in [-0.39, 0.29) is 5.76 Å². The Balaban J connectivity index is 1.94. The topological polar surface area (TPSA) is 72.9 Å². The van der Waals surface area contributed by atoms with Crippen molar-refractivity contribution in [3.05, 3.63) is 41.2 Å². The lowest BCUT2D eigenvalue weighted by atomic mass is 9.93. The van der Waals surface area contributed by atoms with E-state index in [9.17, 15) is 26.4 Å². The van der Waals surface area contributed by atoms with Crippen molar-refractivity contribution >= 4 is 21.9 Å². The molecule has 0 saturated heterocycles. The number of carbonyl (C=O) groups is 1. The molecule has 0 N–H and O–H groups in total. The summed E-state index contributed by atoms with van der Waals surface area (Å²) in [7, 11) is -5.76. The number of alkyl halides is 3. The summed E-state index contributed by atoms with van der Waals surface area (Å²) in [5.41, 5.74) is -4.28. The standard InChI is InChI=1S/C19H22F3NO5S/c1-18(2,3)27-17(24)23-11-10-12-6-4-8-14(16(12)23)13-7-5-9-15(13)28-29(25,26)19(20,21)22/h4,6,8-9,13H,5,7,10-11H2,1-3H3. The fourth-order valence-electron chi connectivity index (χ4n) is 3.52. The molecular weight excluding hydrogens is 411 g/mol. The maximum Gasteiger partial charge on any atom is 0.534 e. The number of nitrogens with zero attached hydrogens (tertiary/aromatic N) is 1. The first-order valence-electron chi connectivity index (χ1n) is 9.13. The van der Waals surface area contributed by atoms with Crippen LogP contribution in [0.4, 0.5) is 23.7 Å². The second-order valence-corrected chi connectivity index (χ2v) is 9.49. The van der Waals surface area contributed by atoms with Crippen LogP contribution in [0, 0.1) is 0 Å². The van der Waals surface area contributed by atoms with Gasteiger partial charge in [-0.1, -0.05) is 18.2 Å². The van der Waals surface area contributed by atoms with Crippen molar-refractivity contribution in [3.8, 4) is 0 Å². The van der Waals surface area contributed by atoms with Gasteiger partial charge in [-0.15, -0.1) is 0 Å². The summed E-state index contributed by atoms with van der Waals surface area (Å²) in [6.45, 7) is 5.58. The number of hydrogen-bond donors (Lipinski definition) is 0. The van der Waals surface area contributed by atoms with Crippen LogP contribution in [0.2, 0.25) is 0 Å². The minimum Gasteiger partial charge on any atom is -0.443 e. The van der Waals surface area contributed by atoms with Crippen molar-refractivity contribution in [2.45, 2.75) is 57.1 Å². The lowest BCUT2D eigenvalue weighted by molar-refractivity contribution is -0.0524. The number of benzene rings is 1. The summed E-state index contributed by atoms with van der Waals surface area (Å²) in [6.07, 6.45) is 2.09. The van der Waals surface area contributed by atoms with Gasteiger partial charge in [0.1, 0.15) is 11.4 Å². The third kappa shape index (κ3) is 4.36. The maximum atomic E-state index is 12.8. The summed E-state index contributed by atoms with van der Waals surface area (Å²) in [5.74, 6) is -0.975. The van der Waals surface area contributed by atoms with Crippen LogP contribution in [0.1, 0.15) is 50.7 Å². The Labute approximate surface area is 167 Å². The van der Waals surface area contributed by atoms with E-state index in [1.165, 1.54) is 11.0 Å². The zero-order chi connectivity index (χ0) is 21.6. The Bertz CT molecular complexity index is 948. The van der Waals surface area contributed by atoms with Crippen molar-refractivity contribution in [1.29, 1.82) is 0 Å². The molecule has 1 aliphatic heterocycles. The van der Waals surface area contributed by atoms with Gasteiger partial charge in [0, 0.05) is 12.5 Å². The minimum atomic E-state index is -5.76. The largest absolute Gasteiger partial charge is 0.534 e. The number of halogens is 3. The normalized spacial score (nSPS) is 19.7. The molecule has 0 aromatic heterocycles. The van der Waals surface area contributed by atoms with E-state index in [0.29, 0.717) is 37.1 Å². The van der Waals surface area contributed by atoms with Gasteiger partial charge in [0.25, 0.3) is 0 Å². The highest BCUT2D eigenvalue weighted by Gasteiger charge is 2.50. The van der Waals surface area contributed by atoms with E-state index in [4.69, 9.17) is 4.74 Å². The van der Waals surface area contributed by atoms with Gasteiger partial charge >= 0.3 is 21.7 Å². The first-order chi connectivity index (χ1) is 13.3. The molecule has 29 heavy (non-hydrogen) atoms. The zero-order valence-corrected chi connectivity index (χ0v) is 17.1. The molecule has 0 bridgehead atoms. The molecule has 1 unspecified atom stereocenters. The SMILES string of the molecule is CC(C)(C)OC(=O)N1CCc2cccc(C3CCC=C3OS(=O)(=O)C(F)(F)F)c21. The second-order valence-electron chi connectivity index (χ2n) is 7.96. The van der Waals surface area contributed by atoms with Crippen LogP contribution in [-0.4, -0.2) is 32.2 Å². The van der Waals surface area contributed by atoms with Crippen molar-refractivity contribution < 1.29 is 35.3 Å². The minimum absolute atomic E-state index is 0.272. The quantitative estimate of drug-likeness (QED) is 0.514. The number of allylic oxidation sites excluding steroid dienone is 2. The van der Waals surface area contributed by atoms with Crippen molar-refractivity contribution in [2.75, 3.05) is 11.4 Å². The van der Waals surface area contributed by atoms with Gasteiger partial charge in [-0.25, -0.2) is 4.79 Å². The molecule has 0 saturated carbocycles. The van der Waals surface area contributed by atoms with E-state index < -0.39 is 33.2 Å². The van der Waals surface area contributed by atoms with Crippen LogP contribution >= 0.6 is 0 Å². The number of amides is 1. The molecule has 1 amide bonds. The molecule has 0 spiro atoms. The van der Waals surface area contributed by atoms with E-state index in [1.807, 2.05) is 6.07 Å². The predicted molar refractivity (Wildman–Crippen MR) is 99.8 cm³/mol. The first kappa shape index (κ1) is 21.5. The number of para-hydroxylation sites is 1. The highest BCUT2D eigenvalue weighted by Crippen LogP contribution is 2.45. The maximum absolute atomic E-state index is 12.8. The van der Waals surface area contributed by atoms with E-state index >= 15 is 0 Å². The van der Waals surface area contributed by atoms with Crippen molar-refractivity contribution in [3.63, 3.8) is 0 Å². The average Bonchev–Trinajstić information content (AvgIpc) is 3.18. The molecule has 3 rings (SSSR count). The van der Waals surface area contributed by atoms with Gasteiger partial charge in [0.2, 0.25) is 0 Å². The lowest BCUT2D eigenvalue weighted by Crippen LogP contribution is -2.36. The molecule has 1 heterocycles. The third-order valence-electron chi connectivity index (χ3n) is 4.65. The van der Waals surface area contributed by atoms with Gasteiger partial charge in [-0.2, -0.15) is 21.6 Å². The molecule has 0 fully saturated rings.